The second-order valence-electron chi connectivity index (χ2n) is 13.7. The van der Waals surface area contributed by atoms with Crippen LogP contribution in [0.1, 0.15) is 0 Å². The van der Waals surface area contributed by atoms with Crippen molar-refractivity contribution in [2.45, 2.75) is 0 Å². The normalized spacial score (nSPS) is 11.3. The summed E-state index contributed by atoms with van der Waals surface area (Å²) in [6.07, 6.45) is 0. The van der Waals surface area contributed by atoms with E-state index >= 15 is 0 Å². The Kier molecular flexibility index (Phi) is 7.85. The van der Waals surface area contributed by atoms with Gasteiger partial charge in [-0.2, -0.15) is 0 Å². The number of nitrogens with zero attached hydrogens (tertiary/aromatic N) is 2. The molecular weight excluding hydrogens is 653 g/mol. The van der Waals surface area contributed by atoms with Crippen molar-refractivity contribution < 1.29 is 0 Å². The molecule has 0 amide bonds. The SMILES string of the molecule is c1ccc(-c2ccc(-c3nc(-c4ccccc4-c4ccc(-c5ccccc5)cc4)cc(-c4c5ccccc5cc5c4ccc4ccccc45)n3)cc2)cc1. The van der Waals surface area contributed by atoms with Crippen molar-refractivity contribution in [1.82, 2.24) is 9.97 Å². The molecule has 0 spiro atoms. The van der Waals surface area contributed by atoms with Crippen molar-refractivity contribution in [1.29, 1.82) is 0 Å². The van der Waals surface area contributed by atoms with Crippen LogP contribution in [0.3, 0.4) is 0 Å². The summed E-state index contributed by atoms with van der Waals surface area (Å²) in [5, 5.41) is 7.20. The van der Waals surface area contributed by atoms with Crippen LogP contribution in [0.4, 0.5) is 0 Å². The molecule has 0 fully saturated rings. The van der Waals surface area contributed by atoms with Gasteiger partial charge in [0.2, 0.25) is 0 Å². The fraction of sp³-hybridized carbons (Fsp3) is 0. The average molecular weight is 687 g/mol. The third-order valence-corrected chi connectivity index (χ3v) is 10.5. The first-order valence-corrected chi connectivity index (χ1v) is 18.4. The minimum absolute atomic E-state index is 0.693. The van der Waals surface area contributed by atoms with Gasteiger partial charge in [0.15, 0.2) is 5.82 Å². The highest BCUT2D eigenvalue weighted by molar-refractivity contribution is 6.19. The highest BCUT2D eigenvalue weighted by Crippen LogP contribution is 2.41. The van der Waals surface area contributed by atoms with Crippen molar-refractivity contribution >= 4 is 32.3 Å². The lowest BCUT2D eigenvalue weighted by molar-refractivity contribution is 1.19. The Bertz CT molecular complexity index is 2950. The summed E-state index contributed by atoms with van der Waals surface area (Å²) in [5.74, 6) is 0.693. The third kappa shape index (κ3) is 5.71. The van der Waals surface area contributed by atoms with Gasteiger partial charge in [0, 0.05) is 16.7 Å². The quantitative estimate of drug-likeness (QED) is 0.129. The minimum Gasteiger partial charge on any atom is -0.228 e. The number of hydrogen-bond donors (Lipinski definition) is 0. The van der Waals surface area contributed by atoms with Gasteiger partial charge in [-0.05, 0) is 77.8 Å². The van der Waals surface area contributed by atoms with Crippen LogP contribution in [0, 0.1) is 0 Å². The monoisotopic (exact) mass is 686 g/mol. The standard InChI is InChI=1S/C52H34N2/c1-3-13-35(14-4-1)37-23-27-40(28-24-37)43-19-11-12-22-46(43)49-34-50(54-52(53-49)41-29-25-38(26-30-41)36-15-5-2-6-16-36)51-45-21-10-8-18-42(45)33-48-44-20-9-7-17-39(44)31-32-47(48)51/h1-34H. The molecule has 9 aromatic carbocycles. The first-order valence-electron chi connectivity index (χ1n) is 18.4. The minimum atomic E-state index is 0.693. The first-order chi connectivity index (χ1) is 26.8. The molecule has 2 heteroatoms. The molecule has 0 saturated carbocycles. The van der Waals surface area contributed by atoms with E-state index in [0.29, 0.717) is 5.82 Å². The van der Waals surface area contributed by atoms with Gasteiger partial charge < -0.3 is 0 Å². The molecule has 252 valence electrons. The first kappa shape index (κ1) is 31.6. The molecule has 1 aromatic heterocycles. The molecule has 10 rings (SSSR count). The Morgan fingerprint density at radius 1 is 0.259 bits per heavy atom. The van der Waals surface area contributed by atoms with Crippen LogP contribution < -0.4 is 0 Å². The van der Waals surface area contributed by atoms with E-state index in [4.69, 9.17) is 9.97 Å². The predicted molar refractivity (Wildman–Crippen MR) is 227 cm³/mol. The Morgan fingerprint density at radius 2 is 0.759 bits per heavy atom. The summed E-state index contributed by atoms with van der Waals surface area (Å²) >= 11 is 0. The van der Waals surface area contributed by atoms with Crippen molar-refractivity contribution in [3.63, 3.8) is 0 Å². The lowest BCUT2D eigenvalue weighted by Crippen LogP contribution is -1.98. The average Bonchev–Trinajstić information content (AvgIpc) is 3.26. The van der Waals surface area contributed by atoms with Gasteiger partial charge in [-0.3, -0.25) is 0 Å². The van der Waals surface area contributed by atoms with Gasteiger partial charge in [-0.15, -0.1) is 0 Å². The Morgan fingerprint density at radius 3 is 1.44 bits per heavy atom. The Labute approximate surface area is 314 Å². The van der Waals surface area contributed by atoms with Crippen LogP contribution >= 0.6 is 0 Å². The number of fused-ring (bicyclic) bond motifs is 4. The number of rotatable bonds is 6. The van der Waals surface area contributed by atoms with Gasteiger partial charge in [-0.25, -0.2) is 9.97 Å². The summed E-state index contributed by atoms with van der Waals surface area (Å²) in [6, 6.07) is 73.4. The fourth-order valence-electron chi connectivity index (χ4n) is 7.81. The van der Waals surface area contributed by atoms with Crippen LogP contribution in [-0.4, -0.2) is 9.97 Å². The second kappa shape index (κ2) is 13.4. The molecular formula is C52H34N2. The number of aromatic nitrogens is 2. The summed E-state index contributed by atoms with van der Waals surface area (Å²) in [6.45, 7) is 0. The zero-order chi connectivity index (χ0) is 35.8. The smallest absolute Gasteiger partial charge is 0.160 e. The summed E-state index contributed by atoms with van der Waals surface area (Å²) < 4.78 is 0. The van der Waals surface area contributed by atoms with E-state index in [1.54, 1.807) is 0 Å². The molecule has 0 unspecified atom stereocenters. The molecule has 0 saturated heterocycles. The molecule has 0 aliphatic carbocycles. The molecule has 0 aliphatic heterocycles. The van der Waals surface area contributed by atoms with Gasteiger partial charge in [0.05, 0.1) is 11.4 Å². The highest BCUT2D eigenvalue weighted by atomic mass is 14.9. The number of benzene rings is 9. The molecule has 10 aromatic rings. The fourth-order valence-corrected chi connectivity index (χ4v) is 7.81. The van der Waals surface area contributed by atoms with Gasteiger partial charge in [0.1, 0.15) is 0 Å². The highest BCUT2D eigenvalue weighted by Gasteiger charge is 2.18. The third-order valence-electron chi connectivity index (χ3n) is 10.5. The maximum Gasteiger partial charge on any atom is 0.160 e. The summed E-state index contributed by atoms with van der Waals surface area (Å²) in [4.78, 5) is 10.8. The predicted octanol–water partition coefficient (Wildman–Crippen LogP) is 13.9. The van der Waals surface area contributed by atoms with E-state index < -0.39 is 0 Å². The van der Waals surface area contributed by atoms with Crippen LogP contribution in [0.5, 0.6) is 0 Å². The van der Waals surface area contributed by atoms with E-state index in [1.807, 2.05) is 6.07 Å². The van der Waals surface area contributed by atoms with Crippen molar-refractivity contribution in [2.24, 2.45) is 0 Å². The molecule has 0 atom stereocenters. The molecule has 0 radical (unpaired) electrons. The van der Waals surface area contributed by atoms with Gasteiger partial charge in [-0.1, -0.05) is 194 Å². The van der Waals surface area contributed by atoms with E-state index in [1.165, 1.54) is 49.0 Å². The van der Waals surface area contributed by atoms with Crippen molar-refractivity contribution in [3.8, 4) is 67.3 Å². The van der Waals surface area contributed by atoms with E-state index in [2.05, 4.69) is 200 Å². The van der Waals surface area contributed by atoms with E-state index in [-0.39, 0.29) is 0 Å². The van der Waals surface area contributed by atoms with Crippen LogP contribution in [0.15, 0.2) is 206 Å². The maximum absolute atomic E-state index is 5.42. The second-order valence-corrected chi connectivity index (χ2v) is 13.7. The lowest BCUT2D eigenvalue weighted by Gasteiger charge is -2.16. The Balaban J connectivity index is 1.20. The molecule has 0 bridgehead atoms. The molecule has 0 N–H and O–H groups in total. The van der Waals surface area contributed by atoms with Crippen molar-refractivity contribution in [2.75, 3.05) is 0 Å². The molecule has 2 nitrogen and oxygen atoms in total. The molecule has 54 heavy (non-hydrogen) atoms. The maximum atomic E-state index is 5.42. The van der Waals surface area contributed by atoms with Gasteiger partial charge in [0.25, 0.3) is 0 Å². The van der Waals surface area contributed by atoms with Crippen molar-refractivity contribution in [3.05, 3.63) is 206 Å². The zero-order valence-corrected chi connectivity index (χ0v) is 29.5. The van der Waals surface area contributed by atoms with Crippen LogP contribution in [0.2, 0.25) is 0 Å². The summed E-state index contributed by atoms with van der Waals surface area (Å²) in [7, 11) is 0. The van der Waals surface area contributed by atoms with Crippen LogP contribution in [0.25, 0.3) is 99.6 Å². The van der Waals surface area contributed by atoms with Gasteiger partial charge >= 0.3 is 0 Å². The van der Waals surface area contributed by atoms with E-state index in [0.717, 1.165) is 44.8 Å². The Hall–Kier alpha value is -7.16. The number of hydrogen-bond acceptors (Lipinski definition) is 2. The molecule has 1 heterocycles. The molecule has 0 aliphatic rings. The summed E-state index contributed by atoms with van der Waals surface area (Å²) in [5.41, 5.74) is 11.9. The largest absolute Gasteiger partial charge is 0.228 e. The lowest BCUT2D eigenvalue weighted by atomic mass is 9.90. The van der Waals surface area contributed by atoms with Crippen LogP contribution in [-0.2, 0) is 0 Å². The zero-order valence-electron chi connectivity index (χ0n) is 29.5. The topological polar surface area (TPSA) is 25.8 Å². The van der Waals surface area contributed by atoms with E-state index in [9.17, 15) is 0 Å².